The highest BCUT2D eigenvalue weighted by atomic mass is 16.5. The predicted molar refractivity (Wildman–Crippen MR) is 311 cm³/mol. The second-order valence-electron chi connectivity index (χ2n) is 22.7. The van der Waals surface area contributed by atoms with Crippen LogP contribution in [0, 0.1) is 29.6 Å². The minimum absolute atomic E-state index is 0.247. The third-order valence-electron chi connectivity index (χ3n) is 16.5. The van der Waals surface area contributed by atoms with Crippen LogP contribution in [0.15, 0.2) is 30.3 Å². The van der Waals surface area contributed by atoms with Crippen LogP contribution in [0.25, 0.3) is 0 Å². The number of aliphatic hydroxyl groups is 2. The van der Waals surface area contributed by atoms with Crippen molar-refractivity contribution in [3.63, 3.8) is 0 Å². The maximum absolute atomic E-state index is 14.4. The van der Waals surface area contributed by atoms with Crippen LogP contribution in [0.1, 0.15) is 133 Å². The number of carbonyl (C=O) groups excluding carboxylic acids is 12. The van der Waals surface area contributed by atoms with Crippen LogP contribution in [0.3, 0.4) is 0 Å². The quantitative estimate of drug-likeness (QED) is 0.0353. The normalized spacial score (nSPS) is 23.7. The maximum Gasteiger partial charge on any atom is 0.329 e. The van der Waals surface area contributed by atoms with Gasteiger partial charge in [0.2, 0.25) is 65.0 Å². The van der Waals surface area contributed by atoms with Gasteiger partial charge in [0.25, 0.3) is 0 Å². The minimum atomic E-state index is -1.80. The number of benzene rings is 1. The van der Waals surface area contributed by atoms with Crippen molar-refractivity contribution < 1.29 is 72.5 Å². The molecule has 1 aliphatic heterocycles. The maximum atomic E-state index is 14.4. The SMILES string of the molecule is CCC1CC12NC(=O)[C@H](C)NC(=O)[C@H](NC(=O)[C@H](CO)NC(=O)[C@@H](NC(=O)[C@H](NC(=O)[C@@H](CCC(N)=O)NC(=O)[C@H](CO)NC(=O)[C@@H](NC(=O)[C@@H](Cc1ccccc1)NC)[C@@H](C)CC)[C@@H](C)CC)[C@@H](C)CC)[C@H](C)OC(=O)[C@H]([C@@H](C)CC)NC2=O. The van der Waals surface area contributed by atoms with E-state index in [2.05, 4.69) is 58.5 Å². The molecule has 0 radical (unpaired) electrons. The number of likely N-dealkylation sites (N-methyl/N-ethyl adjacent to an activating group) is 1. The molecule has 476 valence electrons. The van der Waals surface area contributed by atoms with Gasteiger partial charge in [-0.15, -0.1) is 0 Å². The number of rotatable bonds is 31. The average Bonchev–Trinajstić information content (AvgIpc) is 2.26. The summed E-state index contributed by atoms with van der Waals surface area (Å²) in [5.74, 6) is -12.9. The second-order valence-corrected chi connectivity index (χ2v) is 22.7. The molecule has 3 rings (SSSR count). The standard InChI is InChI=1S/C58H94N12O15/c1-13-29(6)42(66-49(76)38(60-12)25-35-21-19-18-20-22-35)52(79)63-39(27-71)50(77)62-37(23-24-41(59)73)48(75)65-44(31(8)15-3)54(81)67-43(30(7)14-2)53(80)64-40(28-72)51(78)68-46-34(11)85-56(83)45(32(9)16-4)69-57(84)58(26-36(58)17-5)70-47(74)33(10)61-55(46)82/h18-22,29-34,36-40,42-46,60,71-72H,13-17,23-28H2,1-12H3,(H2,59,73)(H,61,82)(H,62,77)(H,63,79)(H,64,80)(H,65,75)(H,66,76)(H,67,81)(H,68,78)(H,69,84)(H,70,74)/t29-,30-,31-,32-,33-,34-,36?,37+,38+,39-,40-,42-,43-,44+,45-,46+,58?/m0/s1. The summed E-state index contributed by atoms with van der Waals surface area (Å²) in [6.45, 7) is 16.2. The molecule has 1 heterocycles. The van der Waals surface area contributed by atoms with Gasteiger partial charge in [0.1, 0.15) is 66.0 Å². The van der Waals surface area contributed by atoms with Gasteiger partial charge >= 0.3 is 5.97 Å². The summed E-state index contributed by atoms with van der Waals surface area (Å²) < 4.78 is 5.73. The van der Waals surface area contributed by atoms with Crippen molar-refractivity contribution in [2.75, 3.05) is 20.3 Å². The number of primary amides is 1. The molecule has 2 fully saturated rings. The molecule has 1 aromatic rings. The molecule has 1 spiro atoms. The molecule has 1 aromatic carbocycles. The van der Waals surface area contributed by atoms with E-state index in [0.717, 1.165) is 5.56 Å². The second kappa shape index (κ2) is 34.0. The molecule has 27 nitrogen and oxygen atoms in total. The third kappa shape index (κ3) is 20.2. The smallest absolute Gasteiger partial charge is 0.329 e. The molecule has 2 unspecified atom stereocenters. The molecule has 1 saturated heterocycles. The summed E-state index contributed by atoms with van der Waals surface area (Å²) in [5, 5.41) is 49.6. The fourth-order valence-electron chi connectivity index (χ4n) is 9.69. The third-order valence-corrected chi connectivity index (χ3v) is 16.5. The number of nitrogens with two attached hydrogens (primary N) is 1. The molecule has 15 N–H and O–H groups in total. The van der Waals surface area contributed by atoms with E-state index in [-0.39, 0.29) is 18.8 Å². The molecule has 17 atom stereocenters. The summed E-state index contributed by atoms with van der Waals surface area (Å²) in [6, 6.07) is -4.86. The lowest BCUT2D eigenvalue weighted by Crippen LogP contribution is -2.63. The predicted octanol–water partition coefficient (Wildman–Crippen LogP) is -2.14. The number of esters is 1. The van der Waals surface area contributed by atoms with Gasteiger partial charge in [-0.3, -0.25) is 52.7 Å². The Hall–Kier alpha value is -7.26. The fraction of sp³-hybridized carbons (Fsp3) is 0.690. The van der Waals surface area contributed by atoms with Crippen LogP contribution in [0.4, 0.5) is 0 Å². The van der Waals surface area contributed by atoms with Crippen molar-refractivity contribution in [3.8, 4) is 0 Å². The number of ether oxygens (including phenoxy) is 1. The van der Waals surface area contributed by atoms with Gasteiger partial charge < -0.3 is 79.2 Å². The molecule has 1 saturated carbocycles. The molecular formula is C58H94N12O15. The van der Waals surface area contributed by atoms with E-state index in [1.54, 1.807) is 62.4 Å². The highest BCUT2D eigenvalue weighted by Crippen LogP contribution is 2.46. The topological polar surface area (TPSA) is 413 Å². The van der Waals surface area contributed by atoms with Crippen LogP contribution in [-0.2, 0) is 68.7 Å². The monoisotopic (exact) mass is 1200 g/mol. The van der Waals surface area contributed by atoms with Crippen LogP contribution >= 0.6 is 0 Å². The number of carbonyl (C=O) groups is 12. The number of cyclic esters (lactones) is 1. The van der Waals surface area contributed by atoms with Crippen LogP contribution in [0.5, 0.6) is 0 Å². The Bertz CT molecular complexity index is 2510. The van der Waals surface area contributed by atoms with Gasteiger partial charge in [-0.25, -0.2) is 4.79 Å². The number of hydrogen-bond donors (Lipinski definition) is 14. The van der Waals surface area contributed by atoms with E-state index in [4.69, 9.17) is 10.5 Å². The number of aliphatic hydroxyl groups excluding tert-OH is 2. The summed E-state index contributed by atoms with van der Waals surface area (Å²) >= 11 is 0. The fourth-order valence-corrected chi connectivity index (χ4v) is 9.69. The first-order chi connectivity index (χ1) is 40.1. The number of hydrogen-bond acceptors (Lipinski definition) is 16. The number of nitrogens with one attached hydrogen (secondary N) is 11. The Morgan fingerprint density at radius 2 is 1.11 bits per heavy atom. The zero-order chi connectivity index (χ0) is 64.0. The van der Waals surface area contributed by atoms with Crippen molar-refractivity contribution in [3.05, 3.63) is 35.9 Å². The van der Waals surface area contributed by atoms with Crippen LogP contribution in [0.2, 0.25) is 0 Å². The van der Waals surface area contributed by atoms with Crippen molar-refractivity contribution in [2.24, 2.45) is 35.3 Å². The molecule has 0 bridgehead atoms. The summed E-state index contributed by atoms with van der Waals surface area (Å²) in [4.78, 5) is 165. The van der Waals surface area contributed by atoms with E-state index in [1.807, 2.05) is 37.3 Å². The van der Waals surface area contributed by atoms with Crippen LogP contribution in [-0.4, -0.2) is 173 Å². The Labute approximate surface area is 497 Å². The van der Waals surface area contributed by atoms with E-state index >= 15 is 0 Å². The summed E-state index contributed by atoms with van der Waals surface area (Å²) in [7, 11) is 1.60. The molecule has 0 aromatic heterocycles. The van der Waals surface area contributed by atoms with Gasteiger partial charge in [0.05, 0.1) is 19.3 Å². The highest BCUT2D eigenvalue weighted by molar-refractivity contribution is 6.01. The molecule has 11 amide bonds. The summed E-state index contributed by atoms with van der Waals surface area (Å²) in [6.07, 6.45) is 0.218. The first-order valence-corrected chi connectivity index (χ1v) is 29.6. The highest BCUT2D eigenvalue weighted by Gasteiger charge is 2.61. The lowest BCUT2D eigenvalue weighted by molar-refractivity contribution is -0.157. The zero-order valence-electron chi connectivity index (χ0n) is 51.2. The Morgan fingerprint density at radius 1 is 0.635 bits per heavy atom. The summed E-state index contributed by atoms with van der Waals surface area (Å²) in [5.41, 5.74) is 4.97. The van der Waals surface area contributed by atoms with E-state index in [1.165, 1.54) is 13.8 Å². The van der Waals surface area contributed by atoms with Crippen molar-refractivity contribution in [2.45, 2.75) is 206 Å². The Kier molecular flexibility index (Phi) is 28.8. The first kappa shape index (κ1) is 72.0. The van der Waals surface area contributed by atoms with Crippen molar-refractivity contribution in [1.82, 2.24) is 58.5 Å². The number of amides is 11. The Balaban J connectivity index is 1.85. The van der Waals surface area contributed by atoms with E-state index in [0.29, 0.717) is 32.1 Å². The van der Waals surface area contributed by atoms with E-state index < -0.39 is 193 Å². The Morgan fingerprint density at radius 3 is 1.56 bits per heavy atom. The van der Waals surface area contributed by atoms with Gasteiger partial charge in [-0.2, -0.15) is 0 Å². The van der Waals surface area contributed by atoms with Crippen LogP contribution < -0.4 is 64.2 Å². The average molecular weight is 1200 g/mol. The zero-order valence-corrected chi connectivity index (χ0v) is 51.2. The molecular weight excluding hydrogens is 1100 g/mol. The van der Waals surface area contributed by atoms with Crippen molar-refractivity contribution >= 4 is 70.9 Å². The van der Waals surface area contributed by atoms with Gasteiger partial charge in [-0.1, -0.05) is 125 Å². The largest absolute Gasteiger partial charge is 0.458 e. The molecule has 1 aliphatic carbocycles. The van der Waals surface area contributed by atoms with Gasteiger partial charge in [0.15, 0.2) is 0 Å². The molecule has 85 heavy (non-hydrogen) atoms. The van der Waals surface area contributed by atoms with Gasteiger partial charge in [0, 0.05) is 6.42 Å². The first-order valence-electron chi connectivity index (χ1n) is 29.6. The minimum Gasteiger partial charge on any atom is -0.458 e. The molecule has 27 heteroatoms. The lowest BCUT2D eigenvalue weighted by Gasteiger charge is -2.31. The van der Waals surface area contributed by atoms with Gasteiger partial charge in [-0.05, 0) is 75.3 Å². The van der Waals surface area contributed by atoms with E-state index in [9.17, 15) is 67.7 Å². The lowest BCUT2D eigenvalue weighted by atomic mass is 9.94. The van der Waals surface area contributed by atoms with Crippen molar-refractivity contribution in [1.29, 1.82) is 0 Å². The molecule has 2 aliphatic rings.